The second-order valence-electron chi connectivity index (χ2n) is 6.66. The number of hydrogen-bond acceptors (Lipinski definition) is 4. The molecule has 8 nitrogen and oxygen atoms in total. The van der Waals surface area contributed by atoms with Crippen LogP contribution in [0.1, 0.15) is 42.4 Å². The summed E-state index contributed by atoms with van der Waals surface area (Å²) in [4.78, 5) is 0. The number of anilines is 1. The molecule has 0 aliphatic heterocycles. The minimum atomic E-state index is 0.0660. The van der Waals surface area contributed by atoms with Gasteiger partial charge >= 0.3 is 0 Å². The summed E-state index contributed by atoms with van der Waals surface area (Å²) in [6.45, 7) is 9.77. The molecule has 0 aliphatic carbocycles. The smallest absolute Gasteiger partial charge is 0.171 e. The Bertz CT molecular complexity index is 935. The molecule has 3 heterocycles. The summed E-state index contributed by atoms with van der Waals surface area (Å²) in [6, 6.07) is 0.0660. The van der Waals surface area contributed by atoms with Gasteiger partial charge in [0.25, 0.3) is 0 Å². The van der Waals surface area contributed by atoms with Crippen molar-refractivity contribution in [2.45, 2.75) is 46.8 Å². The van der Waals surface area contributed by atoms with Crippen LogP contribution in [0.3, 0.4) is 0 Å². The molecule has 0 fully saturated rings. The Labute approximate surface area is 164 Å². The summed E-state index contributed by atoms with van der Waals surface area (Å²) in [5.74, 6) is 0. The van der Waals surface area contributed by atoms with Gasteiger partial charge in [-0.05, 0) is 39.9 Å². The molecule has 3 aromatic rings. The second-order valence-corrected chi connectivity index (χ2v) is 7.07. The summed E-state index contributed by atoms with van der Waals surface area (Å²) in [5, 5.41) is 20.2. The molecular weight excluding hydrogens is 360 g/mol. The minimum Gasteiger partial charge on any atom is -0.356 e. The van der Waals surface area contributed by atoms with Crippen molar-refractivity contribution < 1.29 is 0 Å². The van der Waals surface area contributed by atoms with Crippen LogP contribution in [-0.2, 0) is 20.1 Å². The Morgan fingerprint density at radius 1 is 1.22 bits per heavy atom. The molecule has 0 aliphatic rings. The van der Waals surface area contributed by atoms with Crippen molar-refractivity contribution in [3.63, 3.8) is 0 Å². The maximum Gasteiger partial charge on any atom is 0.171 e. The predicted octanol–water partition coefficient (Wildman–Crippen LogP) is 2.55. The lowest BCUT2D eigenvalue weighted by Gasteiger charge is -2.15. The van der Waals surface area contributed by atoms with Crippen LogP contribution in [0.15, 0.2) is 24.8 Å². The standard InChI is InChI=1S/C18H26N8S/c1-6-26-14(4)15(7-20-26)9-25-10-16(8-19-25)22-18(27)21-12(2)17-11-24(5)23-13(17)3/h7-8,10-12H,6,9H2,1-5H3,(H2,21,22,27). The highest BCUT2D eigenvalue weighted by Gasteiger charge is 2.13. The molecular formula is C18H26N8S. The average Bonchev–Trinajstić information content (AvgIpc) is 3.28. The maximum absolute atomic E-state index is 5.44. The number of rotatable bonds is 6. The van der Waals surface area contributed by atoms with E-state index in [0.29, 0.717) is 11.7 Å². The number of nitrogens with one attached hydrogen (secondary N) is 2. The molecule has 144 valence electrons. The van der Waals surface area contributed by atoms with Crippen molar-refractivity contribution in [3.05, 3.63) is 47.3 Å². The van der Waals surface area contributed by atoms with Gasteiger partial charge < -0.3 is 10.6 Å². The lowest BCUT2D eigenvalue weighted by Crippen LogP contribution is -2.30. The number of thiocarbonyl (C=S) groups is 1. The number of nitrogens with zero attached hydrogens (tertiary/aromatic N) is 6. The fourth-order valence-corrected chi connectivity index (χ4v) is 3.43. The highest BCUT2D eigenvalue weighted by Crippen LogP contribution is 2.16. The van der Waals surface area contributed by atoms with Gasteiger partial charge in [0, 0.05) is 42.8 Å². The summed E-state index contributed by atoms with van der Waals surface area (Å²) in [6.07, 6.45) is 7.62. The fraction of sp³-hybridized carbons (Fsp3) is 0.444. The third kappa shape index (κ3) is 4.36. The van der Waals surface area contributed by atoms with Crippen molar-refractivity contribution >= 4 is 23.0 Å². The van der Waals surface area contributed by atoms with Gasteiger partial charge in [-0.15, -0.1) is 0 Å². The molecule has 0 spiro atoms. The van der Waals surface area contributed by atoms with Crippen LogP contribution >= 0.6 is 12.2 Å². The molecule has 3 aromatic heterocycles. The molecule has 0 saturated heterocycles. The zero-order valence-corrected chi connectivity index (χ0v) is 17.2. The van der Waals surface area contributed by atoms with Crippen LogP contribution in [0.4, 0.5) is 5.69 Å². The van der Waals surface area contributed by atoms with E-state index in [1.54, 1.807) is 6.20 Å². The first kappa shape index (κ1) is 19.1. The van der Waals surface area contributed by atoms with Gasteiger partial charge in [0.2, 0.25) is 0 Å². The monoisotopic (exact) mass is 386 g/mol. The summed E-state index contributed by atoms with van der Waals surface area (Å²) in [7, 11) is 1.92. The third-order valence-corrected chi connectivity index (χ3v) is 4.81. The summed E-state index contributed by atoms with van der Waals surface area (Å²) in [5.41, 5.74) is 5.30. The van der Waals surface area contributed by atoms with Crippen LogP contribution in [0.5, 0.6) is 0 Å². The highest BCUT2D eigenvalue weighted by molar-refractivity contribution is 7.80. The Morgan fingerprint density at radius 2 is 2.00 bits per heavy atom. The molecule has 1 unspecified atom stereocenters. The van der Waals surface area contributed by atoms with E-state index in [9.17, 15) is 0 Å². The van der Waals surface area contributed by atoms with Crippen molar-refractivity contribution in [1.82, 2.24) is 34.7 Å². The normalized spacial score (nSPS) is 12.2. The van der Waals surface area contributed by atoms with E-state index in [-0.39, 0.29) is 6.04 Å². The average molecular weight is 387 g/mol. The van der Waals surface area contributed by atoms with Gasteiger partial charge in [0.1, 0.15) is 0 Å². The molecule has 0 aromatic carbocycles. The molecule has 3 rings (SSSR count). The van der Waals surface area contributed by atoms with Crippen molar-refractivity contribution in [2.75, 3.05) is 5.32 Å². The lowest BCUT2D eigenvalue weighted by molar-refractivity contribution is 0.633. The van der Waals surface area contributed by atoms with Gasteiger partial charge in [-0.2, -0.15) is 15.3 Å². The minimum absolute atomic E-state index is 0.0660. The van der Waals surface area contributed by atoms with Crippen molar-refractivity contribution in [2.24, 2.45) is 7.05 Å². The number of aromatic nitrogens is 6. The van der Waals surface area contributed by atoms with Gasteiger partial charge in [-0.25, -0.2) is 0 Å². The molecule has 27 heavy (non-hydrogen) atoms. The Kier molecular flexibility index (Phi) is 5.59. The topological polar surface area (TPSA) is 77.5 Å². The first-order valence-corrected chi connectivity index (χ1v) is 9.39. The molecule has 0 radical (unpaired) electrons. The Morgan fingerprint density at radius 3 is 2.63 bits per heavy atom. The Balaban J connectivity index is 1.59. The maximum atomic E-state index is 5.44. The predicted molar refractivity (Wildman–Crippen MR) is 110 cm³/mol. The summed E-state index contributed by atoms with van der Waals surface area (Å²) < 4.78 is 5.68. The zero-order chi connectivity index (χ0) is 19.6. The van der Waals surface area contributed by atoms with Gasteiger partial charge in [-0.1, -0.05) is 0 Å². The molecule has 0 amide bonds. The van der Waals surface area contributed by atoms with Crippen molar-refractivity contribution in [3.8, 4) is 0 Å². The van der Waals surface area contributed by atoms with E-state index in [1.165, 1.54) is 5.69 Å². The first-order valence-electron chi connectivity index (χ1n) is 8.98. The zero-order valence-electron chi connectivity index (χ0n) is 16.4. The van der Waals surface area contributed by atoms with E-state index in [4.69, 9.17) is 12.2 Å². The molecule has 0 bridgehead atoms. The number of aryl methyl sites for hydroxylation is 3. The SMILES string of the molecule is CCn1ncc(Cn2cc(NC(=S)NC(C)c3cn(C)nc3C)cn2)c1C. The first-order chi connectivity index (χ1) is 12.9. The summed E-state index contributed by atoms with van der Waals surface area (Å²) >= 11 is 5.44. The Hall–Kier alpha value is -2.68. The molecule has 1 atom stereocenters. The van der Waals surface area contributed by atoms with Crippen LogP contribution in [0, 0.1) is 13.8 Å². The highest BCUT2D eigenvalue weighted by atomic mass is 32.1. The fourth-order valence-electron chi connectivity index (χ4n) is 3.13. The molecule has 2 N–H and O–H groups in total. The van der Waals surface area contributed by atoms with Crippen molar-refractivity contribution in [1.29, 1.82) is 0 Å². The lowest BCUT2D eigenvalue weighted by atomic mass is 10.1. The van der Waals surface area contributed by atoms with Crippen LogP contribution in [0.2, 0.25) is 0 Å². The van der Waals surface area contributed by atoms with Gasteiger partial charge in [0.15, 0.2) is 5.11 Å². The van der Waals surface area contributed by atoms with Gasteiger partial charge in [-0.3, -0.25) is 14.0 Å². The van der Waals surface area contributed by atoms with Gasteiger partial charge in [0.05, 0.1) is 36.4 Å². The quantitative estimate of drug-likeness (QED) is 0.634. The molecule has 9 heteroatoms. The van der Waals surface area contributed by atoms with E-state index in [0.717, 1.165) is 29.1 Å². The van der Waals surface area contributed by atoms with E-state index < -0.39 is 0 Å². The van der Waals surface area contributed by atoms with Crippen LogP contribution in [0.25, 0.3) is 0 Å². The second kappa shape index (κ2) is 7.91. The van der Waals surface area contributed by atoms with E-state index in [2.05, 4.69) is 46.7 Å². The van der Waals surface area contributed by atoms with E-state index in [1.807, 2.05) is 46.6 Å². The van der Waals surface area contributed by atoms with Crippen LogP contribution < -0.4 is 10.6 Å². The number of hydrogen-bond donors (Lipinski definition) is 2. The van der Waals surface area contributed by atoms with E-state index >= 15 is 0 Å². The largest absolute Gasteiger partial charge is 0.356 e. The van der Waals surface area contributed by atoms with Crippen LogP contribution in [-0.4, -0.2) is 34.5 Å². The molecule has 0 saturated carbocycles. The third-order valence-electron chi connectivity index (χ3n) is 4.59.